The minimum atomic E-state index is 0. The molecule has 0 heterocycles. The maximum atomic E-state index is 3.53. The molecule has 0 saturated heterocycles. The van der Waals surface area contributed by atoms with Gasteiger partial charge in [-0.05, 0) is 43.5 Å². The Balaban J connectivity index is 0.00000225. The zero-order chi connectivity index (χ0) is 11.3. The summed E-state index contributed by atoms with van der Waals surface area (Å²) in [5.41, 5.74) is 1.38. The molecule has 1 atom stereocenters. The van der Waals surface area contributed by atoms with Gasteiger partial charge in [0.1, 0.15) is 0 Å². The number of hydrogen-bond acceptors (Lipinski definition) is 1. The van der Waals surface area contributed by atoms with Crippen LogP contribution in [0.4, 0.5) is 0 Å². The van der Waals surface area contributed by atoms with Crippen LogP contribution in [-0.2, 0) is 6.42 Å². The number of halogens is 2. The lowest BCUT2D eigenvalue weighted by atomic mass is 10.1. The fraction of sp³-hybridized carbons (Fsp3) is 0.538. The predicted octanol–water partition coefficient (Wildman–Crippen LogP) is 4.05. The van der Waals surface area contributed by atoms with E-state index in [1.807, 2.05) is 0 Å². The van der Waals surface area contributed by atoms with Crippen molar-refractivity contribution in [2.75, 3.05) is 6.54 Å². The third-order valence-electron chi connectivity index (χ3n) is 2.31. The molecule has 0 aliphatic rings. The minimum Gasteiger partial charge on any atom is -0.314 e. The van der Waals surface area contributed by atoms with Crippen LogP contribution in [0.5, 0.6) is 0 Å². The molecule has 0 saturated carbocycles. The molecule has 1 aromatic rings. The summed E-state index contributed by atoms with van der Waals surface area (Å²) in [6, 6.07) is 9.07. The Morgan fingerprint density at radius 1 is 1.25 bits per heavy atom. The lowest BCUT2D eigenvalue weighted by molar-refractivity contribution is 0.482. The number of benzene rings is 1. The van der Waals surface area contributed by atoms with Crippen molar-refractivity contribution in [2.24, 2.45) is 5.92 Å². The van der Waals surface area contributed by atoms with Gasteiger partial charge in [0.15, 0.2) is 0 Å². The number of nitrogens with one attached hydrogen (secondary N) is 1. The first-order valence-corrected chi connectivity index (χ1v) is 6.35. The molecule has 1 rings (SSSR count). The van der Waals surface area contributed by atoms with Gasteiger partial charge in [-0.15, -0.1) is 12.4 Å². The lowest BCUT2D eigenvalue weighted by Crippen LogP contribution is -2.31. The van der Waals surface area contributed by atoms with Gasteiger partial charge in [0.25, 0.3) is 0 Å². The van der Waals surface area contributed by atoms with E-state index in [4.69, 9.17) is 0 Å². The van der Waals surface area contributed by atoms with Crippen LogP contribution >= 0.6 is 28.3 Å². The Bertz CT molecular complexity index is 302. The van der Waals surface area contributed by atoms with Gasteiger partial charge in [-0.2, -0.15) is 0 Å². The Morgan fingerprint density at radius 3 is 2.50 bits per heavy atom. The summed E-state index contributed by atoms with van der Waals surface area (Å²) in [6.07, 6.45) is 1.09. The average Bonchev–Trinajstić information content (AvgIpc) is 2.15. The van der Waals surface area contributed by atoms with Crippen molar-refractivity contribution in [1.29, 1.82) is 0 Å². The second-order valence-electron chi connectivity index (χ2n) is 4.54. The van der Waals surface area contributed by atoms with Crippen LogP contribution in [0, 0.1) is 5.92 Å². The molecule has 3 heteroatoms. The van der Waals surface area contributed by atoms with Crippen LogP contribution in [0.3, 0.4) is 0 Å². The predicted molar refractivity (Wildman–Crippen MR) is 77.4 cm³/mol. The minimum absolute atomic E-state index is 0. The average molecular weight is 307 g/mol. The van der Waals surface area contributed by atoms with Gasteiger partial charge in [0.05, 0.1) is 0 Å². The molecule has 0 fully saturated rings. The SMILES string of the molecule is CC(C)CNC(C)Cc1cccc(Br)c1.Cl. The molecule has 1 aromatic carbocycles. The van der Waals surface area contributed by atoms with Crippen LogP contribution < -0.4 is 5.32 Å². The highest BCUT2D eigenvalue weighted by Gasteiger charge is 2.03. The second kappa shape index (κ2) is 8.10. The summed E-state index contributed by atoms with van der Waals surface area (Å²) < 4.78 is 1.16. The van der Waals surface area contributed by atoms with Crippen molar-refractivity contribution in [2.45, 2.75) is 33.2 Å². The molecule has 1 nitrogen and oxygen atoms in total. The molecule has 0 spiro atoms. The van der Waals surface area contributed by atoms with Gasteiger partial charge in [0.2, 0.25) is 0 Å². The van der Waals surface area contributed by atoms with Gasteiger partial charge >= 0.3 is 0 Å². The molecule has 92 valence electrons. The van der Waals surface area contributed by atoms with Crippen molar-refractivity contribution in [1.82, 2.24) is 5.32 Å². The summed E-state index contributed by atoms with van der Waals surface area (Å²) in [5.74, 6) is 0.718. The van der Waals surface area contributed by atoms with E-state index in [1.165, 1.54) is 5.56 Å². The highest BCUT2D eigenvalue weighted by atomic mass is 79.9. The first-order valence-electron chi connectivity index (χ1n) is 5.55. The van der Waals surface area contributed by atoms with Crippen LogP contribution in [0.2, 0.25) is 0 Å². The molecule has 1 N–H and O–H groups in total. The standard InChI is InChI=1S/C13H20BrN.ClH/c1-10(2)9-15-11(3)7-12-5-4-6-13(14)8-12;/h4-6,8,10-11,15H,7,9H2,1-3H3;1H. The fourth-order valence-corrected chi connectivity index (χ4v) is 1.97. The zero-order valence-electron chi connectivity index (χ0n) is 10.2. The third-order valence-corrected chi connectivity index (χ3v) is 2.80. The van der Waals surface area contributed by atoms with Crippen LogP contribution in [0.25, 0.3) is 0 Å². The van der Waals surface area contributed by atoms with E-state index in [-0.39, 0.29) is 12.4 Å². The van der Waals surface area contributed by atoms with E-state index in [1.54, 1.807) is 0 Å². The van der Waals surface area contributed by atoms with Crippen LogP contribution in [0.1, 0.15) is 26.3 Å². The monoisotopic (exact) mass is 305 g/mol. The molecule has 1 unspecified atom stereocenters. The molecular weight excluding hydrogens is 286 g/mol. The van der Waals surface area contributed by atoms with Gasteiger partial charge in [-0.3, -0.25) is 0 Å². The maximum absolute atomic E-state index is 3.53. The smallest absolute Gasteiger partial charge is 0.0178 e. The highest BCUT2D eigenvalue weighted by molar-refractivity contribution is 9.10. The molecule has 16 heavy (non-hydrogen) atoms. The van der Waals surface area contributed by atoms with Gasteiger partial charge < -0.3 is 5.32 Å². The summed E-state index contributed by atoms with van der Waals surface area (Å²) in [5, 5.41) is 3.53. The van der Waals surface area contributed by atoms with Crippen LogP contribution in [-0.4, -0.2) is 12.6 Å². The van der Waals surface area contributed by atoms with Crippen LogP contribution in [0.15, 0.2) is 28.7 Å². The second-order valence-corrected chi connectivity index (χ2v) is 5.45. The fourth-order valence-electron chi connectivity index (χ4n) is 1.53. The first kappa shape index (κ1) is 16.0. The Labute approximate surface area is 114 Å². The molecule has 0 amide bonds. The first-order chi connectivity index (χ1) is 7.08. The number of hydrogen-bond donors (Lipinski definition) is 1. The summed E-state index contributed by atoms with van der Waals surface area (Å²) in [6.45, 7) is 7.80. The molecule has 0 aliphatic carbocycles. The van der Waals surface area contributed by atoms with Crippen molar-refractivity contribution in [3.8, 4) is 0 Å². The van der Waals surface area contributed by atoms with Gasteiger partial charge in [-0.1, -0.05) is 41.9 Å². The zero-order valence-corrected chi connectivity index (χ0v) is 12.6. The molecule has 0 bridgehead atoms. The molecular formula is C13H21BrClN. The van der Waals surface area contributed by atoms with E-state index in [2.05, 4.69) is 66.3 Å². The lowest BCUT2D eigenvalue weighted by Gasteiger charge is -2.15. The van der Waals surface area contributed by atoms with E-state index < -0.39 is 0 Å². The normalized spacial score (nSPS) is 12.3. The largest absolute Gasteiger partial charge is 0.314 e. The molecule has 0 aromatic heterocycles. The Kier molecular flexibility index (Phi) is 8.08. The van der Waals surface area contributed by atoms with E-state index >= 15 is 0 Å². The maximum Gasteiger partial charge on any atom is 0.0178 e. The number of rotatable bonds is 5. The summed E-state index contributed by atoms with van der Waals surface area (Å²) in [4.78, 5) is 0. The summed E-state index contributed by atoms with van der Waals surface area (Å²) in [7, 11) is 0. The van der Waals surface area contributed by atoms with Crippen molar-refractivity contribution in [3.05, 3.63) is 34.3 Å². The molecule has 0 aliphatic heterocycles. The van der Waals surface area contributed by atoms with Crippen molar-refractivity contribution < 1.29 is 0 Å². The Hall–Kier alpha value is -0.0500. The van der Waals surface area contributed by atoms with Crippen molar-refractivity contribution >= 4 is 28.3 Å². The van der Waals surface area contributed by atoms with E-state index in [0.29, 0.717) is 6.04 Å². The molecule has 0 radical (unpaired) electrons. The quantitative estimate of drug-likeness (QED) is 0.865. The summed E-state index contributed by atoms with van der Waals surface area (Å²) >= 11 is 3.49. The topological polar surface area (TPSA) is 12.0 Å². The Morgan fingerprint density at radius 2 is 1.94 bits per heavy atom. The third kappa shape index (κ3) is 6.51. The van der Waals surface area contributed by atoms with Crippen molar-refractivity contribution in [3.63, 3.8) is 0 Å². The van der Waals surface area contributed by atoms with Gasteiger partial charge in [-0.25, -0.2) is 0 Å². The highest BCUT2D eigenvalue weighted by Crippen LogP contribution is 2.13. The van der Waals surface area contributed by atoms with E-state index in [9.17, 15) is 0 Å². The van der Waals surface area contributed by atoms with E-state index in [0.717, 1.165) is 23.4 Å². The van der Waals surface area contributed by atoms with Gasteiger partial charge in [0, 0.05) is 10.5 Å².